The highest BCUT2D eigenvalue weighted by molar-refractivity contribution is 5.91. The van der Waals surface area contributed by atoms with Crippen LogP contribution in [0.4, 0.5) is 0 Å². The van der Waals surface area contributed by atoms with Crippen molar-refractivity contribution in [1.29, 1.82) is 0 Å². The Labute approximate surface area is 118 Å². The van der Waals surface area contributed by atoms with Gasteiger partial charge >= 0.3 is 5.69 Å². The molecule has 0 saturated carbocycles. The molecule has 0 atom stereocenters. The van der Waals surface area contributed by atoms with Crippen molar-refractivity contribution < 1.29 is 4.79 Å². The third-order valence-electron chi connectivity index (χ3n) is 2.94. The summed E-state index contributed by atoms with van der Waals surface area (Å²) in [5.41, 5.74) is 1.23. The van der Waals surface area contributed by atoms with Gasteiger partial charge in [-0.1, -0.05) is 5.21 Å². The lowest BCUT2D eigenvalue weighted by Gasteiger charge is -2.07. The van der Waals surface area contributed by atoms with Crippen LogP contribution in [0.15, 0.2) is 28.0 Å². The van der Waals surface area contributed by atoms with Crippen molar-refractivity contribution >= 4 is 5.91 Å². The second-order valence-electron chi connectivity index (χ2n) is 4.21. The van der Waals surface area contributed by atoms with Crippen LogP contribution in [0.1, 0.15) is 17.4 Å². The Kier molecular flexibility index (Phi) is 4.28. The first-order chi connectivity index (χ1) is 10.1. The Hall–Kier alpha value is -2.75. The zero-order valence-corrected chi connectivity index (χ0v) is 11.4. The van der Waals surface area contributed by atoms with Gasteiger partial charge < -0.3 is 4.57 Å². The minimum atomic E-state index is -0.563. The summed E-state index contributed by atoms with van der Waals surface area (Å²) >= 11 is 0. The highest BCUT2D eigenvalue weighted by atomic mass is 16.2. The van der Waals surface area contributed by atoms with Crippen LogP contribution in [0.25, 0.3) is 0 Å². The number of carbonyl (C=O) groups excluding carboxylic acids is 1. The summed E-state index contributed by atoms with van der Waals surface area (Å²) in [7, 11) is 0. The molecule has 2 heterocycles. The average Bonchev–Trinajstić information content (AvgIpc) is 2.95. The minimum absolute atomic E-state index is 0.0591. The second kappa shape index (κ2) is 6.13. The number of hydrogen-bond donors (Lipinski definition) is 2. The normalized spacial score (nSPS) is 10.6. The molecule has 0 bridgehead atoms. The number of hydrazine groups is 1. The Bertz CT molecular complexity index is 758. The molecule has 0 saturated heterocycles. The van der Waals surface area contributed by atoms with E-state index in [1.54, 1.807) is 0 Å². The number of aromatic nitrogens is 5. The molecule has 2 aromatic rings. The maximum absolute atomic E-state index is 12.0. The van der Waals surface area contributed by atoms with E-state index in [2.05, 4.69) is 10.3 Å². The van der Waals surface area contributed by atoms with E-state index < -0.39 is 5.91 Å². The topological polar surface area (TPSA) is 130 Å². The third kappa shape index (κ3) is 3.05. The molecule has 112 valence electrons. The molecular weight excluding hydrogens is 278 g/mol. The molecular formula is C11H15N7O3. The molecule has 10 nitrogen and oxygen atoms in total. The van der Waals surface area contributed by atoms with Crippen molar-refractivity contribution in [3.8, 4) is 0 Å². The van der Waals surface area contributed by atoms with Crippen molar-refractivity contribution in [2.24, 2.45) is 5.84 Å². The van der Waals surface area contributed by atoms with Crippen LogP contribution < -0.4 is 22.5 Å². The molecule has 2 rings (SSSR count). The maximum atomic E-state index is 12.0. The summed E-state index contributed by atoms with van der Waals surface area (Å²) in [4.78, 5) is 34.9. The van der Waals surface area contributed by atoms with Gasteiger partial charge in [0.15, 0.2) is 5.69 Å². The lowest BCUT2D eigenvalue weighted by molar-refractivity contribution is 0.0948. The molecule has 2 aromatic heterocycles. The van der Waals surface area contributed by atoms with Crippen molar-refractivity contribution in [3.63, 3.8) is 0 Å². The van der Waals surface area contributed by atoms with Crippen LogP contribution in [0.2, 0.25) is 0 Å². The van der Waals surface area contributed by atoms with E-state index in [9.17, 15) is 14.4 Å². The molecule has 0 aliphatic heterocycles. The molecule has 1 amide bonds. The van der Waals surface area contributed by atoms with Gasteiger partial charge in [-0.15, -0.1) is 5.10 Å². The van der Waals surface area contributed by atoms with Gasteiger partial charge in [0.25, 0.3) is 11.5 Å². The van der Waals surface area contributed by atoms with E-state index in [0.29, 0.717) is 6.54 Å². The number of aryl methyl sites for hydroxylation is 2. The summed E-state index contributed by atoms with van der Waals surface area (Å²) < 4.78 is 3.89. The van der Waals surface area contributed by atoms with Gasteiger partial charge in [-0.2, -0.15) is 0 Å². The van der Waals surface area contributed by atoms with Crippen LogP contribution >= 0.6 is 0 Å². The van der Waals surface area contributed by atoms with Gasteiger partial charge in [0.05, 0.1) is 19.3 Å². The van der Waals surface area contributed by atoms with Crippen LogP contribution in [0.5, 0.6) is 0 Å². The predicted octanol–water partition coefficient (Wildman–Crippen LogP) is -2.07. The number of amides is 1. The SMILES string of the molecule is CCn1ccc(=O)n(CCn2cc(C(=O)NN)nn2)c1=O. The highest BCUT2D eigenvalue weighted by Crippen LogP contribution is 1.93. The zero-order valence-electron chi connectivity index (χ0n) is 11.4. The van der Waals surface area contributed by atoms with E-state index in [0.717, 1.165) is 4.57 Å². The summed E-state index contributed by atoms with van der Waals surface area (Å²) in [6.07, 6.45) is 2.84. The van der Waals surface area contributed by atoms with Crippen LogP contribution in [0.3, 0.4) is 0 Å². The van der Waals surface area contributed by atoms with Gasteiger partial charge in [-0.3, -0.25) is 19.6 Å². The van der Waals surface area contributed by atoms with Gasteiger partial charge in [0.2, 0.25) is 0 Å². The smallest absolute Gasteiger partial charge is 0.301 e. The highest BCUT2D eigenvalue weighted by Gasteiger charge is 2.09. The first kappa shape index (κ1) is 14.7. The largest absolute Gasteiger partial charge is 0.331 e. The number of rotatable bonds is 5. The lowest BCUT2D eigenvalue weighted by Crippen LogP contribution is -2.39. The molecule has 0 fully saturated rings. The Morgan fingerprint density at radius 2 is 2.14 bits per heavy atom. The van der Waals surface area contributed by atoms with E-state index in [1.165, 1.54) is 27.7 Å². The summed E-state index contributed by atoms with van der Waals surface area (Å²) in [5.74, 6) is 4.42. The standard InChI is InChI=1S/C11H15N7O3/c1-2-16-4-3-9(19)18(11(16)21)6-5-17-7-8(14-15-17)10(20)13-12/h3-4,7H,2,5-6,12H2,1H3,(H,13,20). The number of nitrogen functional groups attached to an aromatic ring is 1. The lowest BCUT2D eigenvalue weighted by atomic mass is 10.4. The predicted molar refractivity (Wildman–Crippen MR) is 72.3 cm³/mol. The third-order valence-corrected chi connectivity index (χ3v) is 2.94. The number of carbonyl (C=O) groups is 1. The molecule has 10 heteroatoms. The monoisotopic (exact) mass is 293 g/mol. The van der Waals surface area contributed by atoms with Crippen molar-refractivity contribution in [3.05, 3.63) is 45.0 Å². The van der Waals surface area contributed by atoms with Gasteiger partial charge in [0, 0.05) is 18.8 Å². The summed E-state index contributed by atoms with van der Waals surface area (Å²) in [6.45, 7) is 2.65. The van der Waals surface area contributed by atoms with Gasteiger partial charge in [-0.25, -0.2) is 15.3 Å². The fourth-order valence-corrected chi connectivity index (χ4v) is 1.79. The Balaban J connectivity index is 2.17. The summed E-state index contributed by atoms with van der Waals surface area (Å²) in [5, 5.41) is 7.36. The van der Waals surface area contributed by atoms with Crippen molar-refractivity contribution in [2.45, 2.75) is 26.6 Å². The molecule has 0 radical (unpaired) electrons. The van der Waals surface area contributed by atoms with E-state index in [-0.39, 0.29) is 30.0 Å². The number of nitrogens with one attached hydrogen (secondary N) is 1. The first-order valence-corrected chi connectivity index (χ1v) is 6.28. The maximum Gasteiger partial charge on any atom is 0.331 e. The summed E-state index contributed by atoms with van der Waals surface area (Å²) in [6, 6.07) is 1.33. The van der Waals surface area contributed by atoms with Gasteiger partial charge in [0.1, 0.15) is 0 Å². The van der Waals surface area contributed by atoms with E-state index in [4.69, 9.17) is 5.84 Å². The molecule has 0 unspecified atom stereocenters. The van der Waals surface area contributed by atoms with Crippen molar-refractivity contribution in [2.75, 3.05) is 0 Å². The minimum Gasteiger partial charge on any atom is -0.301 e. The molecule has 3 N–H and O–H groups in total. The molecule has 0 spiro atoms. The molecule has 0 aromatic carbocycles. The number of nitrogens with two attached hydrogens (primary N) is 1. The molecule has 21 heavy (non-hydrogen) atoms. The average molecular weight is 293 g/mol. The van der Waals surface area contributed by atoms with Crippen LogP contribution in [-0.2, 0) is 19.6 Å². The van der Waals surface area contributed by atoms with Crippen molar-refractivity contribution in [1.82, 2.24) is 29.6 Å². The number of hydrogen-bond acceptors (Lipinski definition) is 6. The zero-order chi connectivity index (χ0) is 15.4. The van der Waals surface area contributed by atoms with E-state index >= 15 is 0 Å². The fraction of sp³-hybridized carbons (Fsp3) is 0.364. The number of nitrogens with zero attached hydrogens (tertiary/aromatic N) is 5. The fourth-order valence-electron chi connectivity index (χ4n) is 1.79. The first-order valence-electron chi connectivity index (χ1n) is 6.28. The van der Waals surface area contributed by atoms with Gasteiger partial charge in [-0.05, 0) is 6.92 Å². The van der Waals surface area contributed by atoms with Crippen LogP contribution in [0, 0.1) is 0 Å². The molecule has 0 aliphatic rings. The Morgan fingerprint density at radius 3 is 2.81 bits per heavy atom. The quantitative estimate of drug-likeness (QED) is 0.370. The van der Waals surface area contributed by atoms with Crippen LogP contribution in [-0.4, -0.2) is 30.0 Å². The van der Waals surface area contributed by atoms with E-state index in [1.807, 2.05) is 12.3 Å². The molecule has 0 aliphatic carbocycles. The second-order valence-corrected chi connectivity index (χ2v) is 4.21. The Morgan fingerprint density at radius 1 is 1.38 bits per heavy atom.